The second kappa shape index (κ2) is 8.50. The van der Waals surface area contributed by atoms with Crippen molar-refractivity contribution in [2.24, 2.45) is 11.7 Å². The van der Waals surface area contributed by atoms with Gasteiger partial charge in [-0.3, -0.25) is 9.59 Å². The molecular formula is C17H22ClN3O2. The molecule has 2 unspecified atom stereocenters. The van der Waals surface area contributed by atoms with Crippen LogP contribution in [0.3, 0.4) is 0 Å². The monoisotopic (exact) mass is 335 g/mol. The molecule has 0 saturated heterocycles. The maximum Gasteiger partial charge on any atom is 0.274 e. The summed E-state index contributed by atoms with van der Waals surface area (Å²) in [6.45, 7) is 3.97. The van der Waals surface area contributed by atoms with Crippen LogP contribution in [0.25, 0.3) is 0 Å². The third kappa shape index (κ3) is 4.94. The largest absolute Gasteiger partial charge is 0.327 e. The van der Waals surface area contributed by atoms with Gasteiger partial charge in [0.15, 0.2) is 0 Å². The number of carbonyl (C=O) groups is 1. The number of nitrogens with two attached hydrogens (primary N) is 1. The number of hydrogen-bond acceptors (Lipinski definition) is 3. The first-order valence-electron chi connectivity index (χ1n) is 7.29. The van der Waals surface area contributed by atoms with Crippen LogP contribution in [0.15, 0.2) is 53.5 Å². The summed E-state index contributed by atoms with van der Waals surface area (Å²) in [5, 5.41) is 2.67. The van der Waals surface area contributed by atoms with Crippen molar-refractivity contribution >= 4 is 24.0 Å². The Labute approximate surface area is 141 Å². The van der Waals surface area contributed by atoms with Crippen molar-refractivity contribution in [3.8, 4) is 0 Å². The number of pyridine rings is 1. The lowest BCUT2D eigenvalue weighted by molar-refractivity contribution is -0.119. The second-order valence-electron chi connectivity index (χ2n) is 5.48. The molecule has 1 amide bonds. The molecule has 1 aromatic heterocycles. The Morgan fingerprint density at radius 3 is 2.43 bits per heavy atom. The van der Waals surface area contributed by atoms with Crippen molar-refractivity contribution in [2.45, 2.75) is 26.4 Å². The summed E-state index contributed by atoms with van der Waals surface area (Å²) in [4.78, 5) is 24.5. The van der Waals surface area contributed by atoms with Crippen LogP contribution >= 0.6 is 12.4 Å². The van der Waals surface area contributed by atoms with E-state index in [1.165, 1.54) is 0 Å². The van der Waals surface area contributed by atoms with Gasteiger partial charge >= 0.3 is 0 Å². The van der Waals surface area contributed by atoms with Gasteiger partial charge in [0, 0.05) is 12.2 Å². The van der Waals surface area contributed by atoms with E-state index >= 15 is 0 Å². The van der Waals surface area contributed by atoms with Crippen LogP contribution in [0.2, 0.25) is 0 Å². The third-order valence-electron chi connectivity index (χ3n) is 3.68. The Balaban J connectivity index is 0.00000264. The molecule has 0 radical (unpaired) electrons. The summed E-state index contributed by atoms with van der Waals surface area (Å²) in [5.74, 6) is -0.605. The van der Waals surface area contributed by atoms with E-state index in [1.54, 1.807) is 36.7 Å². The lowest BCUT2D eigenvalue weighted by Crippen LogP contribution is -2.36. The van der Waals surface area contributed by atoms with Gasteiger partial charge in [0.2, 0.25) is 5.91 Å². The summed E-state index contributed by atoms with van der Waals surface area (Å²) < 4.78 is 1.57. The molecule has 0 aliphatic rings. The number of aromatic nitrogens is 1. The van der Waals surface area contributed by atoms with Gasteiger partial charge in [0.05, 0.1) is 12.5 Å². The standard InChI is InChI=1S/C17H21N3O2.ClH/c1-12(13(2)18)16(21)19-15-9-6-10-20(17(15)22)11-14-7-4-3-5-8-14;/h3-10,12-13H,11,18H2,1-2H3,(H,19,21);1H. The molecule has 5 nitrogen and oxygen atoms in total. The highest BCUT2D eigenvalue weighted by Crippen LogP contribution is 2.07. The van der Waals surface area contributed by atoms with Crippen molar-refractivity contribution in [3.63, 3.8) is 0 Å². The molecule has 23 heavy (non-hydrogen) atoms. The van der Waals surface area contributed by atoms with Gasteiger partial charge in [0.25, 0.3) is 5.56 Å². The maximum absolute atomic E-state index is 12.4. The van der Waals surface area contributed by atoms with Crippen molar-refractivity contribution in [1.82, 2.24) is 4.57 Å². The van der Waals surface area contributed by atoms with E-state index in [9.17, 15) is 9.59 Å². The Morgan fingerprint density at radius 1 is 1.17 bits per heavy atom. The Bertz CT molecular complexity index is 698. The van der Waals surface area contributed by atoms with E-state index in [0.29, 0.717) is 6.54 Å². The van der Waals surface area contributed by atoms with Gasteiger partial charge in [-0.15, -0.1) is 12.4 Å². The number of carbonyl (C=O) groups excluding carboxylic acids is 1. The van der Waals surface area contributed by atoms with Crippen LogP contribution in [-0.2, 0) is 11.3 Å². The molecule has 0 fully saturated rings. The maximum atomic E-state index is 12.4. The fraction of sp³-hybridized carbons (Fsp3) is 0.294. The normalized spacial score (nSPS) is 12.8. The zero-order chi connectivity index (χ0) is 16.1. The highest BCUT2D eigenvalue weighted by molar-refractivity contribution is 5.92. The first-order chi connectivity index (χ1) is 10.5. The Kier molecular flexibility index (Phi) is 7.00. The number of halogens is 1. The number of rotatable bonds is 5. The molecule has 1 aromatic carbocycles. The second-order valence-corrected chi connectivity index (χ2v) is 5.48. The molecule has 0 aliphatic heterocycles. The molecule has 6 heteroatoms. The van der Waals surface area contributed by atoms with Crippen molar-refractivity contribution < 1.29 is 4.79 Å². The summed E-state index contributed by atoms with van der Waals surface area (Å²) in [7, 11) is 0. The van der Waals surface area contributed by atoms with E-state index in [4.69, 9.17) is 5.73 Å². The first-order valence-corrected chi connectivity index (χ1v) is 7.29. The molecule has 2 atom stereocenters. The molecule has 124 valence electrons. The van der Waals surface area contributed by atoms with Gasteiger partial charge in [-0.2, -0.15) is 0 Å². The SMILES string of the molecule is CC(N)C(C)C(=O)Nc1cccn(Cc2ccccc2)c1=O.Cl. The number of amides is 1. The number of hydrogen-bond donors (Lipinski definition) is 2. The lowest BCUT2D eigenvalue weighted by atomic mass is 10.0. The van der Waals surface area contributed by atoms with Crippen LogP contribution in [0.1, 0.15) is 19.4 Å². The average molecular weight is 336 g/mol. The molecule has 0 spiro atoms. The van der Waals surface area contributed by atoms with Crippen LogP contribution in [0.5, 0.6) is 0 Å². The quantitative estimate of drug-likeness (QED) is 0.879. The van der Waals surface area contributed by atoms with Gasteiger partial charge < -0.3 is 15.6 Å². The van der Waals surface area contributed by atoms with Gasteiger partial charge in [0.1, 0.15) is 5.69 Å². The Morgan fingerprint density at radius 2 is 1.83 bits per heavy atom. The van der Waals surface area contributed by atoms with Gasteiger partial charge in [-0.05, 0) is 24.6 Å². The minimum atomic E-state index is -0.359. The smallest absolute Gasteiger partial charge is 0.274 e. The highest BCUT2D eigenvalue weighted by atomic mass is 35.5. The molecule has 0 saturated carbocycles. The number of benzene rings is 1. The zero-order valence-electron chi connectivity index (χ0n) is 13.2. The van der Waals surface area contributed by atoms with Crippen LogP contribution < -0.4 is 16.6 Å². The van der Waals surface area contributed by atoms with Crippen molar-refractivity contribution in [1.29, 1.82) is 0 Å². The predicted octanol–water partition coefficient (Wildman–Crippen LogP) is 2.24. The molecule has 2 aromatic rings. The van der Waals surface area contributed by atoms with Crippen LogP contribution in [0, 0.1) is 5.92 Å². The molecule has 0 aliphatic carbocycles. The molecule has 0 bridgehead atoms. The summed E-state index contributed by atoms with van der Waals surface area (Å²) in [5.41, 5.74) is 6.79. The number of nitrogens with zero attached hydrogens (tertiary/aromatic N) is 1. The van der Waals surface area contributed by atoms with Gasteiger partial charge in [-0.1, -0.05) is 37.3 Å². The van der Waals surface area contributed by atoms with Crippen molar-refractivity contribution in [2.75, 3.05) is 5.32 Å². The molecule has 1 heterocycles. The van der Waals surface area contributed by atoms with E-state index in [1.807, 2.05) is 30.3 Å². The fourth-order valence-corrected chi connectivity index (χ4v) is 2.02. The first kappa shape index (κ1) is 18.9. The van der Waals surface area contributed by atoms with E-state index in [2.05, 4.69) is 5.32 Å². The van der Waals surface area contributed by atoms with Gasteiger partial charge in [-0.25, -0.2) is 0 Å². The van der Waals surface area contributed by atoms with E-state index < -0.39 is 0 Å². The number of anilines is 1. The summed E-state index contributed by atoms with van der Waals surface area (Å²) >= 11 is 0. The van der Waals surface area contributed by atoms with E-state index in [-0.39, 0.29) is 41.5 Å². The minimum Gasteiger partial charge on any atom is -0.327 e. The summed E-state index contributed by atoms with van der Waals surface area (Å²) in [6, 6.07) is 12.8. The van der Waals surface area contributed by atoms with Crippen LogP contribution in [-0.4, -0.2) is 16.5 Å². The van der Waals surface area contributed by atoms with Crippen LogP contribution in [0.4, 0.5) is 5.69 Å². The van der Waals surface area contributed by atoms with E-state index in [0.717, 1.165) is 5.56 Å². The average Bonchev–Trinajstić information content (AvgIpc) is 2.51. The lowest BCUT2D eigenvalue weighted by Gasteiger charge is -2.15. The highest BCUT2D eigenvalue weighted by Gasteiger charge is 2.18. The zero-order valence-corrected chi connectivity index (χ0v) is 14.0. The topological polar surface area (TPSA) is 77.1 Å². The third-order valence-corrected chi connectivity index (χ3v) is 3.68. The predicted molar refractivity (Wildman–Crippen MR) is 94.9 cm³/mol. The summed E-state index contributed by atoms with van der Waals surface area (Å²) in [6.07, 6.45) is 1.71. The fourth-order valence-electron chi connectivity index (χ4n) is 2.02. The molecule has 3 N–H and O–H groups in total. The minimum absolute atomic E-state index is 0. The molecular weight excluding hydrogens is 314 g/mol. The van der Waals surface area contributed by atoms with Crippen molar-refractivity contribution in [3.05, 3.63) is 64.6 Å². The Hall–Kier alpha value is -2.11. The number of nitrogens with one attached hydrogen (secondary N) is 1. The molecule has 2 rings (SSSR count).